The van der Waals surface area contributed by atoms with Gasteiger partial charge in [-0.05, 0) is 50.5 Å². The quantitative estimate of drug-likeness (QED) is 0.506. The molecule has 4 aromatic heterocycles. The number of hydrogen-bond acceptors (Lipinski definition) is 8. The maximum absolute atomic E-state index is 5.71. The molecule has 0 aromatic carbocycles. The van der Waals surface area contributed by atoms with Crippen molar-refractivity contribution in [3.05, 3.63) is 71.9 Å². The maximum atomic E-state index is 5.71. The number of nitrogens with zero attached hydrogens (tertiary/aromatic N) is 6. The predicted octanol–water partition coefficient (Wildman–Crippen LogP) is 4.62. The van der Waals surface area contributed by atoms with Crippen molar-refractivity contribution in [1.29, 1.82) is 0 Å². The highest BCUT2D eigenvalue weighted by molar-refractivity contribution is 5.56. The summed E-state index contributed by atoms with van der Waals surface area (Å²) in [6, 6.07) is 13.6. The first-order valence-electron chi connectivity index (χ1n) is 10.4. The molecule has 5 heterocycles. The van der Waals surface area contributed by atoms with E-state index in [2.05, 4.69) is 25.3 Å². The lowest BCUT2D eigenvalue weighted by atomic mass is 10.1. The Labute approximate surface area is 180 Å². The van der Waals surface area contributed by atoms with Crippen molar-refractivity contribution in [3.63, 3.8) is 0 Å². The van der Waals surface area contributed by atoms with Crippen LogP contribution in [0.5, 0.6) is 0 Å². The number of nitrogens with one attached hydrogen (secondary N) is 1. The van der Waals surface area contributed by atoms with Crippen LogP contribution in [0.3, 0.4) is 0 Å². The predicted molar refractivity (Wildman–Crippen MR) is 118 cm³/mol. The van der Waals surface area contributed by atoms with Gasteiger partial charge in [0.25, 0.3) is 0 Å². The Balaban J connectivity index is 1.41. The minimum atomic E-state index is 0.0390. The third-order valence-electron chi connectivity index (χ3n) is 5.30. The minimum absolute atomic E-state index is 0.0390. The molecule has 0 radical (unpaired) electrons. The number of aryl methyl sites for hydroxylation is 2. The van der Waals surface area contributed by atoms with Crippen LogP contribution in [-0.2, 0) is 0 Å². The van der Waals surface area contributed by atoms with Crippen LogP contribution in [0.15, 0.2) is 59.4 Å². The lowest BCUT2D eigenvalue weighted by molar-refractivity contribution is 0.362. The van der Waals surface area contributed by atoms with E-state index >= 15 is 0 Å². The molecule has 1 saturated heterocycles. The summed E-state index contributed by atoms with van der Waals surface area (Å²) in [7, 11) is 0. The summed E-state index contributed by atoms with van der Waals surface area (Å²) in [5, 5.41) is 7.51. The van der Waals surface area contributed by atoms with Gasteiger partial charge in [-0.1, -0.05) is 17.3 Å². The van der Waals surface area contributed by atoms with Crippen molar-refractivity contribution < 1.29 is 4.52 Å². The van der Waals surface area contributed by atoms with Crippen LogP contribution in [0.2, 0.25) is 0 Å². The summed E-state index contributed by atoms with van der Waals surface area (Å²) in [6.45, 7) is 4.84. The standard InChI is InChI=1S/C23H23N7O/c1-15-8-9-21(25-14-15)27-22-12-16(2)26-23(28-22)30-11-5-7-19(30)20-13-18(29-31-20)17-6-3-4-10-24-17/h3-4,6,8-10,12-14,19H,5,7,11H2,1-2H3,(H,25,26,27,28). The molecule has 0 spiro atoms. The van der Waals surface area contributed by atoms with E-state index in [9.17, 15) is 0 Å². The fourth-order valence-electron chi connectivity index (χ4n) is 3.80. The highest BCUT2D eigenvalue weighted by atomic mass is 16.5. The number of anilines is 3. The van der Waals surface area contributed by atoms with Gasteiger partial charge in [0.1, 0.15) is 17.3 Å². The first-order valence-corrected chi connectivity index (χ1v) is 10.4. The third-order valence-corrected chi connectivity index (χ3v) is 5.30. The van der Waals surface area contributed by atoms with Gasteiger partial charge >= 0.3 is 0 Å². The molecule has 1 aliphatic heterocycles. The normalized spacial score (nSPS) is 15.9. The molecule has 0 bridgehead atoms. The Hall–Kier alpha value is -3.81. The van der Waals surface area contributed by atoms with E-state index < -0.39 is 0 Å². The number of rotatable bonds is 5. The van der Waals surface area contributed by atoms with Crippen molar-refractivity contribution in [2.24, 2.45) is 0 Å². The van der Waals surface area contributed by atoms with Crippen molar-refractivity contribution in [1.82, 2.24) is 25.1 Å². The summed E-state index contributed by atoms with van der Waals surface area (Å²) < 4.78 is 5.71. The first-order chi connectivity index (χ1) is 15.2. The van der Waals surface area contributed by atoms with Gasteiger partial charge in [0.15, 0.2) is 5.76 Å². The van der Waals surface area contributed by atoms with E-state index in [0.717, 1.165) is 59.4 Å². The number of hydrogen-bond donors (Lipinski definition) is 1. The van der Waals surface area contributed by atoms with Gasteiger partial charge < -0.3 is 14.7 Å². The van der Waals surface area contributed by atoms with Crippen molar-refractivity contribution in [2.45, 2.75) is 32.7 Å². The zero-order chi connectivity index (χ0) is 21.2. The monoisotopic (exact) mass is 413 g/mol. The Morgan fingerprint density at radius 3 is 2.74 bits per heavy atom. The van der Waals surface area contributed by atoms with Crippen LogP contribution in [-0.4, -0.2) is 31.6 Å². The zero-order valence-corrected chi connectivity index (χ0v) is 17.5. The molecule has 5 rings (SSSR count). The second-order valence-corrected chi connectivity index (χ2v) is 7.72. The van der Waals surface area contributed by atoms with E-state index in [4.69, 9.17) is 14.5 Å². The largest absolute Gasteiger partial charge is 0.358 e. The molecular weight excluding hydrogens is 390 g/mol. The Morgan fingerprint density at radius 2 is 1.94 bits per heavy atom. The number of pyridine rings is 2. The highest BCUT2D eigenvalue weighted by Gasteiger charge is 2.32. The molecule has 1 unspecified atom stereocenters. The summed E-state index contributed by atoms with van der Waals surface area (Å²) in [4.78, 5) is 20.4. The zero-order valence-electron chi connectivity index (χ0n) is 17.5. The molecule has 0 saturated carbocycles. The minimum Gasteiger partial charge on any atom is -0.358 e. The van der Waals surface area contributed by atoms with Crippen molar-refractivity contribution in [3.8, 4) is 11.4 Å². The van der Waals surface area contributed by atoms with Gasteiger partial charge in [-0.3, -0.25) is 4.98 Å². The smallest absolute Gasteiger partial charge is 0.228 e. The molecule has 1 N–H and O–H groups in total. The Kier molecular flexibility index (Phi) is 5.03. The van der Waals surface area contributed by atoms with Gasteiger partial charge in [0.05, 0.1) is 11.7 Å². The van der Waals surface area contributed by atoms with Crippen LogP contribution in [0, 0.1) is 13.8 Å². The van der Waals surface area contributed by atoms with E-state index in [1.54, 1.807) is 6.20 Å². The maximum Gasteiger partial charge on any atom is 0.228 e. The molecule has 1 fully saturated rings. The second kappa shape index (κ2) is 8.14. The highest BCUT2D eigenvalue weighted by Crippen LogP contribution is 2.36. The molecule has 1 aliphatic rings. The lowest BCUT2D eigenvalue weighted by Gasteiger charge is -2.23. The van der Waals surface area contributed by atoms with Crippen LogP contribution >= 0.6 is 0 Å². The van der Waals surface area contributed by atoms with Crippen LogP contribution in [0.25, 0.3) is 11.4 Å². The van der Waals surface area contributed by atoms with Crippen LogP contribution in [0.4, 0.5) is 17.6 Å². The van der Waals surface area contributed by atoms with E-state index in [0.29, 0.717) is 5.95 Å². The van der Waals surface area contributed by atoms with Crippen LogP contribution < -0.4 is 10.2 Å². The number of aromatic nitrogens is 5. The topological polar surface area (TPSA) is 92.9 Å². The van der Waals surface area contributed by atoms with E-state index in [1.165, 1.54) is 0 Å². The van der Waals surface area contributed by atoms with Crippen LogP contribution in [0.1, 0.15) is 35.9 Å². The van der Waals surface area contributed by atoms with Gasteiger partial charge in [0.2, 0.25) is 5.95 Å². The van der Waals surface area contributed by atoms with E-state index in [-0.39, 0.29) is 6.04 Å². The van der Waals surface area contributed by atoms with E-state index in [1.807, 2.05) is 62.5 Å². The molecule has 0 amide bonds. The van der Waals surface area contributed by atoms with Gasteiger partial charge in [-0.15, -0.1) is 0 Å². The molecular formula is C23H23N7O. The summed E-state index contributed by atoms with van der Waals surface area (Å²) in [6.07, 6.45) is 5.57. The molecule has 8 heteroatoms. The van der Waals surface area contributed by atoms with Crippen molar-refractivity contribution in [2.75, 3.05) is 16.8 Å². The van der Waals surface area contributed by atoms with Gasteiger partial charge in [-0.25, -0.2) is 9.97 Å². The lowest BCUT2D eigenvalue weighted by Crippen LogP contribution is -2.25. The fraction of sp³-hybridized carbons (Fsp3) is 0.261. The molecule has 31 heavy (non-hydrogen) atoms. The Morgan fingerprint density at radius 1 is 1.00 bits per heavy atom. The molecule has 156 valence electrons. The summed E-state index contributed by atoms with van der Waals surface area (Å²) in [5.74, 6) is 2.95. The van der Waals surface area contributed by atoms with Gasteiger partial charge in [0, 0.05) is 36.8 Å². The third kappa shape index (κ3) is 4.09. The molecule has 8 nitrogen and oxygen atoms in total. The fourth-order valence-corrected chi connectivity index (χ4v) is 3.80. The second-order valence-electron chi connectivity index (χ2n) is 7.72. The molecule has 1 atom stereocenters. The average molecular weight is 413 g/mol. The summed E-state index contributed by atoms with van der Waals surface area (Å²) in [5.41, 5.74) is 3.53. The SMILES string of the molecule is Cc1ccc(Nc2cc(C)nc(N3CCCC3c3cc(-c4ccccn4)no3)n2)nc1. The average Bonchev–Trinajstić information content (AvgIpc) is 3.45. The van der Waals surface area contributed by atoms with Gasteiger partial charge in [-0.2, -0.15) is 4.98 Å². The first kappa shape index (κ1) is 19.2. The molecule has 4 aromatic rings. The van der Waals surface area contributed by atoms with Crippen molar-refractivity contribution >= 4 is 17.6 Å². The molecule has 0 aliphatic carbocycles. The summed E-state index contributed by atoms with van der Waals surface area (Å²) >= 11 is 0. The Bertz CT molecular complexity index is 1170.